The van der Waals surface area contributed by atoms with Gasteiger partial charge in [-0.2, -0.15) is 0 Å². The molecule has 1 aromatic heterocycles. The Morgan fingerprint density at radius 3 is 2.79 bits per heavy atom. The molecule has 0 aliphatic carbocycles. The molecule has 0 saturated heterocycles. The predicted octanol–water partition coefficient (Wildman–Crippen LogP) is 1.21. The lowest BCUT2D eigenvalue weighted by Gasteiger charge is -2.09. The van der Waals surface area contributed by atoms with E-state index < -0.39 is 10.0 Å². The van der Waals surface area contributed by atoms with Crippen molar-refractivity contribution in [1.82, 2.24) is 14.7 Å². The SMILES string of the molecule is COc1ccc(S(=O)(=O)NCc2ncc[nH]2)c(C)c1. The van der Waals surface area contributed by atoms with Crippen molar-refractivity contribution in [3.63, 3.8) is 0 Å². The fourth-order valence-corrected chi connectivity index (χ4v) is 2.90. The number of H-pyrrole nitrogens is 1. The zero-order valence-corrected chi connectivity index (χ0v) is 11.5. The number of benzene rings is 1. The van der Waals surface area contributed by atoms with Gasteiger partial charge in [-0.3, -0.25) is 0 Å². The number of hydrogen-bond donors (Lipinski definition) is 2. The summed E-state index contributed by atoms with van der Waals surface area (Å²) in [6.45, 7) is 1.85. The van der Waals surface area contributed by atoms with E-state index in [1.54, 1.807) is 31.5 Å². The van der Waals surface area contributed by atoms with Gasteiger partial charge in [-0.15, -0.1) is 0 Å². The van der Waals surface area contributed by atoms with Crippen molar-refractivity contribution >= 4 is 10.0 Å². The standard InChI is InChI=1S/C12H15N3O3S/c1-9-7-10(18-2)3-4-11(9)19(16,17)15-8-12-13-5-6-14-12/h3-7,15H,8H2,1-2H3,(H,13,14). The number of nitrogens with zero attached hydrogens (tertiary/aromatic N) is 1. The molecular weight excluding hydrogens is 266 g/mol. The predicted molar refractivity (Wildman–Crippen MR) is 70.3 cm³/mol. The van der Waals surface area contributed by atoms with Crippen LogP contribution < -0.4 is 9.46 Å². The highest BCUT2D eigenvalue weighted by Crippen LogP contribution is 2.20. The topological polar surface area (TPSA) is 84.1 Å². The maximum atomic E-state index is 12.2. The van der Waals surface area contributed by atoms with E-state index in [-0.39, 0.29) is 11.4 Å². The number of aromatic nitrogens is 2. The smallest absolute Gasteiger partial charge is 0.241 e. The van der Waals surface area contributed by atoms with Gasteiger partial charge in [0.15, 0.2) is 0 Å². The monoisotopic (exact) mass is 281 g/mol. The summed E-state index contributed by atoms with van der Waals surface area (Å²) in [4.78, 5) is 7.03. The van der Waals surface area contributed by atoms with E-state index in [0.29, 0.717) is 17.1 Å². The Bertz CT molecular complexity index is 651. The molecule has 2 N–H and O–H groups in total. The van der Waals surface area contributed by atoms with E-state index in [1.807, 2.05) is 0 Å². The molecular formula is C12H15N3O3S. The largest absolute Gasteiger partial charge is 0.497 e. The first-order valence-electron chi connectivity index (χ1n) is 5.65. The van der Waals surface area contributed by atoms with Crippen molar-refractivity contribution in [2.75, 3.05) is 7.11 Å². The van der Waals surface area contributed by atoms with Crippen LogP contribution in [0.1, 0.15) is 11.4 Å². The second kappa shape index (κ2) is 5.41. The second-order valence-corrected chi connectivity index (χ2v) is 5.73. The Morgan fingerprint density at radius 2 is 2.21 bits per heavy atom. The number of hydrogen-bond acceptors (Lipinski definition) is 4. The summed E-state index contributed by atoms with van der Waals surface area (Å²) >= 11 is 0. The molecule has 2 aromatic rings. The van der Waals surface area contributed by atoms with Gasteiger partial charge in [0.1, 0.15) is 11.6 Å². The van der Waals surface area contributed by atoms with Crippen LogP contribution in [0.3, 0.4) is 0 Å². The molecule has 0 aliphatic heterocycles. The van der Waals surface area contributed by atoms with Crippen molar-refractivity contribution in [1.29, 1.82) is 0 Å². The molecule has 7 heteroatoms. The summed E-state index contributed by atoms with van der Waals surface area (Å²) in [6.07, 6.45) is 3.21. The number of sulfonamides is 1. The van der Waals surface area contributed by atoms with E-state index in [4.69, 9.17) is 4.74 Å². The van der Waals surface area contributed by atoms with Gasteiger partial charge in [0.25, 0.3) is 0 Å². The molecule has 0 spiro atoms. The van der Waals surface area contributed by atoms with Crippen LogP contribution in [0.5, 0.6) is 5.75 Å². The third-order valence-electron chi connectivity index (χ3n) is 2.66. The zero-order valence-electron chi connectivity index (χ0n) is 10.7. The second-order valence-electron chi connectivity index (χ2n) is 3.99. The number of rotatable bonds is 5. The zero-order chi connectivity index (χ0) is 13.9. The average molecular weight is 281 g/mol. The number of ether oxygens (including phenoxy) is 1. The molecule has 0 saturated carbocycles. The number of imidazole rings is 1. The Labute approximate surface area is 111 Å². The highest BCUT2D eigenvalue weighted by atomic mass is 32.2. The molecule has 1 heterocycles. The first kappa shape index (κ1) is 13.6. The van der Waals surface area contributed by atoms with Gasteiger partial charge < -0.3 is 9.72 Å². The quantitative estimate of drug-likeness (QED) is 0.862. The highest BCUT2D eigenvalue weighted by molar-refractivity contribution is 7.89. The molecule has 2 rings (SSSR count). The summed E-state index contributed by atoms with van der Waals surface area (Å²) in [6, 6.07) is 4.83. The maximum absolute atomic E-state index is 12.2. The molecule has 0 aliphatic rings. The molecule has 1 aromatic carbocycles. The van der Waals surface area contributed by atoms with Crippen molar-refractivity contribution in [2.45, 2.75) is 18.4 Å². The van der Waals surface area contributed by atoms with Crippen LogP contribution in [0, 0.1) is 6.92 Å². The van der Waals surface area contributed by atoms with Crippen LogP contribution in [-0.2, 0) is 16.6 Å². The lowest BCUT2D eigenvalue weighted by atomic mass is 10.2. The fraction of sp³-hybridized carbons (Fsp3) is 0.250. The Hall–Kier alpha value is -1.86. The van der Waals surface area contributed by atoms with Crippen LogP contribution in [0.25, 0.3) is 0 Å². The van der Waals surface area contributed by atoms with Gasteiger partial charge in [0, 0.05) is 12.4 Å². The van der Waals surface area contributed by atoms with Crippen molar-refractivity contribution in [3.8, 4) is 5.75 Å². The van der Waals surface area contributed by atoms with Crippen LogP contribution >= 0.6 is 0 Å². The van der Waals surface area contributed by atoms with E-state index in [0.717, 1.165) is 0 Å². The van der Waals surface area contributed by atoms with Gasteiger partial charge >= 0.3 is 0 Å². The van der Waals surface area contributed by atoms with Crippen LogP contribution in [-0.4, -0.2) is 25.5 Å². The summed E-state index contributed by atoms with van der Waals surface area (Å²) in [5.41, 5.74) is 0.631. The van der Waals surface area contributed by atoms with Gasteiger partial charge in [0.2, 0.25) is 10.0 Å². The Morgan fingerprint density at radius 1 is 1.42 bits per heavy atom. The molecule has 0 atom stereocenters. The van der Waals surface area contributed by atoms with Crippen LogP contribution in [0.2, 0.25) is 0 Å². The molecule has 0 fully saturated rings. The first-order chi connectivity index (χ1) is 9.03. The molecule has 0 radical (unpaired) electrons. The number of aromatic amines is 1. The van der Waals surface area contributed by atoms with Crippen molar-refractivity contribution < 1.29 is 13.2 Å². The first-order valence-corrected chi connectivity index (χ1v) is 7.14. The lowest BCUT2D eigenvalue weighted by molar-refractivity contribution is 0.414. The average Bonchev–Trinajstić information content (AvgIpc) is 2.89. The molecule has 0 amide bonds. The minimum atomic E-state index is -3.56. The number of methoxy groups -OCH3 is 1. The lowest BCUT2D eigenvalue weighted by Crippen LogP contribution is -2.24. The molecule has 102 valence electrons. The van der Waals surface area contributed by atoms with Gasteiger partial charge in [-0.1, -0.05) is 0 Å². The molecule has 0 unspecified atom stereocenters. The molecule has 6 nitrogen and oxygen atoms in total. The van der Waals surface area contributed by atoms with Crippen LogP contribution in [0.15, 0.2) is 35.5 Å². The van der Waals surface area contributed by atoms with E-state index in [1.165, 1.54) is 13.2 Å². The third kappa shape index (κ3) is 3.12. The van der Waals surface area contributed by atoms with Gasteiger partial charge in [0.05, 0.1) is 18.6 Å². The van der Waals surface area contributed by atoms with E-state index in [2.05, 4.69) is 14.7 Å². The summed E-state index contributed by atoms with van der Waals surface area (Å²) in [7, 11) is -2.02. The highest BCUT2D eigenvalue weighted by Gasteiger charge is 2.17. The van der Waals surface area contributed by atoms with E-state index >= 15 is 0 Å². The summed E-state index contributed by atoms with van der Waals surface area (Å²) in [5.74, 6) is 1.19. The molecule has 0 bridgehead atoms. The minimum absolute atomic E-state index is 0.126. The Balaban J connectivity index is 2.19. The molecule has 19 heavy (non-hydrogen) atoms. The number of aryl methyl sites for hydroxylation is 1. The van der Waals surface area contributed by atoms with E-state index in [9.17, 15) is 8.42 Å². The maximum Gasteiger partial charge on any atom is 0.241 e. The summed E-state index contributed by atoms with van der Waals surface area (Å²) < 4.78 is 31.9. The Kier molecular flexibility index (Phi) is 3.87. The van der Waals surface area contributed by atoms with Crippen molar-refractivity contribution in [3.05, 3.63) is 42.0 Å². The third-order valence-corrected chi connectivity index (χ3v) is 4.22. The van der Waals surface area contributed by atoms with Gasteiger partial charge in [-0.05, 0) is 30.7 Å². The minimum Gasteiger partial charge on any atom is -0.497 e. The summed E-state index contributed by atoms with van der Waals surface area (Å²) in [5, 5.41) is 0. The van der Waals surface area contributed by atoms with Gasteiger partial charge in [-0.25, -0.2) is 18.1 Å². The normalized spacial score (nSPS) is 11.5. The van der Waals surface area contributed by atoms with Crippen molar-refractivity contribution in [2.24, 2.45) is 0 Å². The number of nitrogens with one attached hydrogen (secondary N) is 2. The fourth-order valence-electron chi connectivity index (χ4n) is 1.69. The van der Waals surface area contributed by atoms with Crippen LogP contribution in [0.4, 0.5) is 0 Å².